The molecular weight excluding hydrogens is 343 g/mol. The molecule has 5 heteroatoms. The number of carbonyl (C=O) groups is 2. The second kappa shape index (κ2) is 9.86. The van der Waals surface area contributed by atoms with E-state index in [9.17, 15) is 14.0 Å². The molecule has 0 atom stereocenters. The third-order valence-electron chi connectivity index (χ3n) is 6.05. The lowest BCUT2D eigenvalue weighted by Crippen LogP contribution is -2.42. The van der Waals surface area contributed by atoms with E-state index in [2.05, 4.69) is 10.6 Å². The molecule has 3 rings (SSSR count). The van der Waals surface area contributed by atoms with E-state index in [-0.39, 0.29) is 29.5 Å². The van der Waals surface area contributed by atoms with Crippen molar-refractivity contribution < 1.29 is 14.0 Å². The average Bonchev–Trinajstić information content (AvgIpc) is 2.70. The second-order valence-corrected chi connectivity index (χ2v) is 8.06. The Hall–Kier alpha value is -1.91. The monoisotopic (exact) mass is 374 g/mol. The van der Waals surface area contributed by atoms with Crippen molar-refractivity contribution in [3.8, 4) is 0 Å². The normalized spacial score (nSPS) is 23.6. The topological polar surface area (TPSA) is 58.2 Å². The Morgan fingerprint density at radius 2 is 1.44 bits per heavy atom. The first-order valence-corrected chi connectivity index (χ1v) is 10.4. The number of amides is 2. The largest absolute Gasteiger partial charge is 0.356 e. The number of rotatable bonds is 6. The highest BCUT2D eigenvalue weighted by molar-refractivity contribution is 5.81. The first-order valence-electron chi connectivity index (χ1n) is 10.4. The van der Waals surface area contributed by atoms with Crippen LogP contribution in [0.3, 0.4) is 0 Å². The van der Waals surface area contributed by atoms with E-state index in [0.29, 0.717) is 19.0 Å². The van der Waals surface area contributed by atoms with Crippen LogP contribution in [0.25, 0.3) is 0 Å². The highest BCUT2D eigenvalue weighted by Gasteiger charge is 2.30. The smallest absolute Gasteiger partial charge is 0.223 e. The van der Waals surface area contributed by atoms with Crippen molar-refractivity contribution in [2.45, 2.75) is 70.3 Å². The Kier molecular flexibility index (Phi) is 7.25. The lowest BCUT2D eigenvalue weighted by atomic mass is 9.81. The zero-order chi connectivity index (χ0) is 19.1. The van der Waals surface area contributed by atoms with Gasteiger partial charge in [0.2, 0.25) is 11.8 Å². The van der Waals surface area contributed by atoms with Crippen molar-refractivity contribution in [3.05, 3.63) is 35.6 Å². The molecule has 0 unspecified atom stereocenters. The molecule has 1 aromatic rings. The maximum absolute atomic E-state index is 12.9. The molecule has 1 aromatic carbocycles. The molecule has 0 bridgehead atoms. The molecule has 0 saturated heterocycles. The fourth-order valence-corrected chi connectivity index (χ4v) is 4.31. The highest BCUT2D eigenvalue weighted by Crippen LogP contribution is 2.29. The van der Waals surface area contributed by atoms with Crippen LogP contribution in [-0.4, -0.2) is 24.4 Å². The van der Waals surface area contributed by atoms with Crippen molar-refractivity contribution in [1.29, 1.82) is 0 Å². The van der Waals surface area contributed by atoms with Crippen LogP contribution in [0.15, 0.2) is 24.3 Å². The number of nitrogens with one attached hydrogen (secondary N) is 2. The van der Waals surface area contributed by atoms with E-state index in [0.717, 1.165) is 44.1 Å². The van der Waals surface area contributed by atoms with Gasteiger partial charge in [-0.05, 0) is 62.6 Å². The van der Waals surface area contributed by atoms with E-state index >= 15 is 0 Å². The molecule has 0 radical (unpaired) electrons. The van der Waals surface area contributed by atoms with E-state index < -0.39 is 0 Å². The lowest BCUT2D eigenvalue weighted by molar-refractivity contribution is -0.131. The van der Waals surface area contributed by atoms with Crippen molar-refractivity contribution in [1.82, 2.24) is 10.6 Å². The molecule has 0 aliphatic heterocycles. The Morgan fingerprint density at radius 1 is 0.852 bits per heavy atom. The van der Waals surface area contributed by atoms with E-state index in [1.54, 1.807) is 12.1 Å². The summed E-state index contributed by atoms with van der Waals surface area (Å²) in [6.45, 7) is 0.562. The predicted octanol–water partition coefficient (Wildman–Crippen LogP) is 3.74. The van der Waals surface area contributed by atoms with Gasteiger partial charge in [-0.3, -0.25) is 9.59 Å². The predicted molar refractivity (Wildman–Crippen MR) is 104 cm³/mol. The Bertz CT molecular complexity index is 618. The van der Waals surface area contributed by atoms with Gasteiger partial charge in [-0.1, -0.05) is 31.4 Å². The SMILES string of the molecule is O=C(NCCc1ccc(F)cc1)C1CCC(C(=O)NC2CCCCC2)CC1. The molecule has 2 aliphatic carbocycles. The number of halogens is 1. The number of carbonyl (C=O) groups excluding carboxylic acids is 2. The molecule has 0 spiro atoms. The third-order valence-corrected chi connectivity index (χ3v) is 6.05. The van der Waals surface area contributed by atoms with Crippen LogP contribution in [0.5, 0.6) is 0 Å². The first kappa shape index (κ1) is 19.8. The summed E-state index contributed by atoms with van der Waals surface area (Å²) in [6, 6.07) is 6.74. The van der Waals surface area contributed by atoms with E-state index in [4.69, 9.17) is 0 Å². The molecule has 2 saturated carbocycles. The van der Waals surface area contributed by atoms with Crippen LogP contribution in [0.2, 0.25) is 0 Å². The lowest BCUT2D eigenvalue weighted by Gasteiger charge is -2.29. The molecule has 2 aliphatic rings. The highest BCUT2D eigenvalue weighted by atomic mass is 19.1. The maximum atomic E-state index is 12.9. The fourth-order valence-electron chi connectivity index (χ4n) is 4.31. The van der Waals surface area contributed by atoms with Gasteiger partial charge in [0.1, 0.15) is 5.82 Å². The molecule has 0 aromatic heterocycles. The van der Waals surface area contributed by atoms with Crippen molar-refractivity contribution in [2.24, 2.45) is 11.8 Å². The summed E-state index contributed by atoms with van der Waals surface area (Å²) in [5.41, 5.74) is 1.01. The summed E-state index contributed by atoms with van der Waals surface area (Å²) in [6.07, 6.45) is 9.80. The zero-order valence-electron chi connectivity index (χ0n) is 16.0. The van der Waals surface area contributed by atoms with E-state index in [1.807, 2.05) is 0 Å². The Morgan fingerprint density at radius 3 is 2.07 bits per heavy atom. The van der Waals surface area contributed by atoms with Gasteiger partial charge in [0.25, 0.3) is 0 Å². The maximum Gasteiger partial charge on any atom is 0.223 e. The van der Waals surface area contributed by atoms with Crippen LogP contribution in [-0.2, 0) is 16.0 Å². The quantitative estimate of drug-likeness (QED) is 0.797. The number of hydrogen-bond acceptors (Lipinski definition) is 2. The summed E-state index contributed by atoms with van der Waals surface area (Å²) < 4.78 is 12.9. The molecule has 4 nitrogen and oxygen atoms in total. The molecular formula is C22H31FN2O2. The van der Waals surface area contributed by atoms with Crippen molar-refractivity contribution in [3.63, 3.8) is 0 Å². The van der Waals surface area contributed by atoms with Crippen LogP contribution in [0, 0.1) is 17.7 Å². The van der Waals surface area contributed by atoms with Crippen LogP contribution < -0.4 is 10.6 Å². The van der Waals surface area contributed by atoms with Crippen LogP contribution in [0.1, 0.15) is 63.4 Å². The summed E-state index contributed by atoms with van der Waals surface area (Å²) in [4.78, 5) is 24.8. The van der Waals surface area contributed by atoms with Gasteiger partial charge in [-0.2, -0.15) is 0 Å². The molecule has 2 amide bonds. The van der Waals surface area contributed by atoms with Gasteiger partial charge in [0.05, 0.1) is 0 Å². The third kappa shape index (κ3) is 6.05. The summed E-state index contributed by atoms with van der Waals surface area (Å²) in [5, 5.41) is 6.21. The fraction of sp³-hybridized carbons (Fsp3) is 0.636. The summed E-state index contributed by atoms with van der Waals surface area (Å²) in [7, 11) is 0. The second-order valence-electron chi connectivity index (χ2n) is 8.06. The van der Waals surface area contributed by atoms with Gasteiger partial charge >= 0.3 is 0 Å². The molecule has 2 fully saturated rings. The average molecular weight is 375 g/mol. The standard InChI is InChI=1S/C22H31FN2O2/c23-19-12-6-16(7-13-19)14-15-24-21(26)17-8-10-18(11-9-17)22(27)25-20-4-2-1-3-5-20/h6-7,12-13,17-18,20H,1-5,8-11,14-15H2,(H,24,26)(H,25,27). The van der Waals surface area contributed by atoms with Crippen LogP contribution >= 0.6 is 0 Å². The zero-order valence-corrected chi connectivity index (χ0v) is 16.0. The Labute approximate surface area is 161 Å². The van der Waals surface area contributed by atoms with Gasteiger partial charge in [-0.25, -0.2) is 4.39 Å². The molecule has 0 heterocycles. The summed E-state index contributed by atoms with van der Waals surface area (Å²) in [5.74, 6) is 0.111. The van der Waals surface area contributed by atoms with E-state index in [1.165, 1.54) is 31.4 Å². The van der Waals surface area contributed by atoms with Gasteiger partial charge < -0.3 is 10.6 Å². The van der Waals surface area contributed by atoms with Crippen LogP contribution in [0.4, 0.5) is 4.39 Å². The minimum atomic E-state index is -0.243. The first-order chi connectivity index (χ1) is 13.1. The molecule has 2 N–H and O–H groups in total. The van der Waals surface area contributed by atoms with Crippen molar-refractivity contribution >= 4 is 11.8 Å². The minimum Gasteiger partial charge on any atom is -0.356 e. The Balaban J connectivity index is 1.34. The van der Waals surface area contributed by atoms with Crippen molar-refractivity contribution in [2.75, 3.05) is 6.54 Å². The molecule has 27 heavy (non-hydrogen) atoms. The summed E-state index contributed by atoms with van der Waals surface area (Å²) >= 11 is 0. The van der Waals surface area contributed by atoms with Gasteiger partial charge in [-0.15, -0.1) is 0 Å². The molecule has 148 valence electrons. The van der Waals surface area contributed by atoms with Gasteiger partial charge in [0.15, 0.2) is 0 Å². The van der Waals surface area contributed by atoms with Gasteiger partial charge in [0, 0.05) is 24.4 Å². The minimum absolute atomic E-state index is 0.0111. The number of hydrogen-bond donors (Lipinski definition) is 2. The number of benzene rings is 1.